The topological polar surface area (TPSA) is 81.2 Å². The largest absolute Gasteiger partial charge is 0.494 e. The highest BCUT2D eigenvalue weighted by Gasteiger charge is 2.14. The summed E-state index contributed by atoms with van der Waals surface area (Å²) in [4.78, 5) is 8.99. The lowest BCUT2D eigenvalue weighted by Crippen LogP contribution is -2.25. The Morgan fingerprint density at radius 1 is 1.12 bits per heavy atom. The molecule has 3 rings (SSSR count). The number of nitrogens with zero attached hydrogens (tertiary/aromatic N) is 2. The van der Waals surface area contributed by atoms with E-state index in [1.54, 1.807) is 18.3 Å². The van der Waals surface area contributed by atoms with Gasteiger partial charge in [-0.25, -0.2) is 18.1 Å². The van der Waals surface area contributed by atoms with Crippen molar-refractivity contribution in [2.45, 2.75) is 18.2 Å². The third-order valence-electron chi connectivity index (χ3n) is 3.56. The highest BCUT2D eigenvalue weighted by Crippen LogP contribution is 2.20. The van der Waals surface area contributed by atoms with Crippen molar-refractivity contribution in [1.29, 1.82) is 0 Å². The fourth-order valence-electron chi connectivity index (χ4n) is 2.31. The van der Waals surface area contributed by atoms with Crippen LogP contribution in [0.4, 0.5) is 0 Å². The first kappa shape index (κ1) is 18.5. The number of sulfonamides is 1. The van der Waals surface area contributed by atoms with Gasteiger partial charge in [-0.15, -0.1) is 11.3 Å². The van der Waals surface area contributed by atoms with Gasteiger partial charge in [-0.3, -0.25) is 4.98 Å². The van der Waals surface area contributed by atoms with E-state index in [9.17, 15) is 8.42 Å². The molecule has 0 unspecified atom stereocenters. The Morgan fingerprint density at radius 2 is 1.92 bits per heavy atom. The molecule has 0 radical (unpaired) electrons. The molecule has 0 aliphatic carbocycles. The zero-order valence-corrected chi connectivity index (χ0v) is 15.9. The van der Waals surface area contributed by atoms with Crippen LogP contribution in [-0.4, -0.2) is 31.5 Å². The van der Waals surface area contributed by atoms with Crippen LogP contribution in [0.3, 0.4) is 0 Å². The quantitative estimate of drug-likeness (QED) is 0.640. The fourth-order valence-corrected chi connectivity index (χ4v) is 4.14. The van der Waals surface area contributed by atoms with Crippen molar-refractivity contribution in [2.24, 2.45) is 0 Å². The van der Waals surface area contributed by atoms with Crippen molar-refractivity contribution in [1.82, 2.24) is 14.7 Å². The minimum absolute atomic E-state index is 0.217. The van der Waals surface area contributed by atoms with Gasteiger partial charge in [0.2, 0.25) is 10.0 Å². The van der Waals surface area contributed by atoms with E-state index in [-0.39, 0.29) is 11.4 Å². The molecule has 0 fully saturated rings. The fraction of sp³-hybridized carbons (Fsp3) is 0.222. The number of rotatable bonds is 8. The predicted molar refractivity (Wildman–Crippen MR) is 102 cm³/mol. The molecule has 1 aromatic carbocycles. The molecule has 0 saturated heterocycles. The summed E-state index contributed by atoms with van der Waals surface area (Å²) in [6.45, 7) is 2.70. The first-order chi connectivity index (χ1) is 12.6. The first-order valence-corrected chi connectivity index (χ1v) is 10.5. The molecule has 0 atom stereocenters. The van der Waals surface area contributed by atoms with Gasteiger partial charge in [-0.05, 0) is 43.3 Å². The summed E-state index contributed by atoms with van der Waals surface area (Å²) >= 11 is 1.50. The lowest BCUT2D eigenvalue weighted by Gasteiger charge is -2.07. The molecule has 2 aromatic heterocycles. The summed E-state index contributed by atoms with van der Waals surface area (Å²) in [5, 5.41) is 2.79. The monoisotopic (exact) mass is 389 g/mol. The van der Waals surface area contributed by atoms with E-state index in [0.717, 1.165) is 16.4 Å². The molecule has 0 amide bonds. The molecule has 0 saturated carbocycles. The van der Waals surface area contributed by atoms with Gasteiger partial charge in [0, 0.05) is 24.5 Å². The maximum Gasteiger partial charge on any atom is 0.240 e. The van der Waals surface area contributed by atoms with Crippen LogP contribution in [0.15, 0.2) is 58.9 Å². The van der Waals surface area contributed by atoms with Gasteiger partial charge in [-0.1, -0.05) is 6.07 Å². The van der Waals surface area contributed by atoms with Crippen molar-refractivity contribution in [2.75, 3.05) is 13.2 Å². The Balaban J connectivity index is 1.58. The zero-order valence-electron chi connectivity index (χ0n) is 14.3. The highest BCUT2D eigenvalue weighted by molar-refractivity contribution is 7.89. The second-order valence-corrected chi connectivity index (χ2v) is 8.10. The molecule has 2 heterocycles. The molecule has 0 aliphatic heterocycles. The Kier molecular flexibility index (Phi) is 5.97. The van der Waals surface area contributed by atoms with Crippen LogP contribution < -0.4 is 9.46 Å². The number of pyridine rings is 1. The molecule has 6 nitrogen and oxygen atoms in total. The smallest absolute Gasteiger partial charge is 0.240 e. The number of nitrogens with one attached hydrogen (secondary N) is 1. The van der Waals surface area contributed by atoms with Crippen LogP contribution in [0, 0.1) is 0 Å². The minimum atomic E-state index is -3.55. The van der Waals surface area contributed by atoms with E-state index in [1.165, 1.54) is 23.5 Å². The van der Waals surface area contributed by atoms with E-state index < -0.39 is 10.0 Å². The molecule has 0 aliphatic rings. The molecule has 3 aromatic rings. The third-order valence-corrected chi connectivity index (χ3v) is 5.94. The summed E-state index contributed by atoms with van der Waals surface area (Å²) in [5.74, 6) is 0.649. The van der Waals surface area contributed by atoms with Crippen LogP contribution in [0.5, 0.6) is 5.75 Å². The highest BCUT2D eigenvalue weighted by atomic mass is 32.2. The van der Waals surface area contributed by atoms with E-state index in [2.05, 4.69) is 14.7 Å². The number of hydrogen-bond donors (Lipinski definition) is 1. The van der Waals surface area contributed by atoms with Crippen molar-refractivity contribution < 1.29 is 13.2 Å². The Morgan fingerprint density at radius 3 is 2.62 bits per heavy atom. The normalized spacial score (nSPS) is 11.4. The maximum atomic E-state index is 12.3. The number of ether oxygens (including phenoxy) is 1. The summed E-state index contributed by atoms with van der Waals surface area (Å²) < 4.78 is 32.6. The zero-order chi connectivity index (χ0) is 18.4. The molecule has 0 spiro atoms. The molecular weight excluding hydrogens is 370 g/mol. The van der Waals surface area contributed by atoms with Crippen LogP contribution >= 0.6 is 11.3 Å². The predicted octanol–water partition coefficient (Wildman–Crippen LogP) is 3.12. The van der Waals surface area contributed by atoms with E-state index >= 15 is 0 Å². The van der Waals surface area contributed by atoms with Gasteiger partial charge >= 0.3 is 0 Å². The van der Waals surface area contributed by atoms with Gasteiger partial charge < -0.3 is 4.74 Å². The molecule has 1 N–H and O–H groups in total. The van der Waals surface area contributed by atoms with Crippen LogP contribution in [0.1, 0.15) is 11.9 Å². The SMILES string of the molecule is CCOc1ccc(S(=O)(=O)NCCc2nc(-c3ccccn3)cs2)cc1. The van der Waals surface area contributed by atoms with Crippen molar-refractivity contribution in [3.63, 3.8) is 0 Å². The second kappa shape index (κ2) is 8.39. The lowest BCUT2D eigenvalue weighted by atomic mass is 10.3. The Hall–Kier alpha value is -2.29. The average molecular weight is 390 g/mol. The number of aromatic nitrogens is 2. The van der Waals surface area contributed by atoms with Crippen LogP contribution in [0.2, 0.25) is 0 Å². The number of benzene rings is 1. The van der Waals surface area contributed by atoms with Crippen molar-refractivity contribution >= 4 is 21.4 Å². The van der Waals surface area contributed by atoms with Crippen molar-refractivity contribution in [3.8, 4) is 17.1 Å². The second-order valence-electron chi connectivity index (χ2n) is 5.39. The van der Waals surface area contributed by atoms with E-state index in [1.807, 2.05) is 30.5 Å². The molecule has 136 valence electrons. The van der Waals surface area contributed by atoms with Crippen molar-refractivity contribution in [3.05, 3.63) is 59.0 Å². The van der Waals surface area contributed by atoms with E-state index in [0.29, 0.717) is 18.8 Å². The van der Waals surface area contributed by atoms with Gasteiger partial charge in [-0.2, -0.15) is 0 Å². The Bertz CT molecular complexity index is 939. The van der Waals surface area contributed by atoms with Gasteiger partial charge in [0.15, 0.2) is 0 Å². The number of thiazole rings is 1. The third kappa shape index (κ3) is 4.66. The van der Waals surface area contributed by atoms with Crippen LogP contribution in [-0.2, 0) is 16.4 Å². The summed E-state index contributed by atoms with van der Waals surface area (Å²) in [6.07, 6.45) is 2.24. The number of hydrogen-bond acceptors (Lipinski definition) is 6. The van der Waals surface area contributed by atoms with Gasteiger partial charge in [0.05, 0.1) is 27.9 Å². The summed E-state index contributed by atoms with van der Waals surface area (Å²) in [6, 6.07) is 12.0. The van der Waals surface area contributed by atoms with Crippen LogP contribution in [0.25, 0.3) is 11.4 Å². The summed E-state index contributed by atoms with van der Waals surface area (Å²) in [5.41, 5.74) is 1.62. The lowest BCUT2D eigenvalue weighted by molar-refractivity contribution is 0.340. The minimum Gasteiger partial charge on any atom is -0.494 e. The Labute approximate surface area is 157 Å². The maximum absolute atomic E-state index is 12.3. The molecule has 0 bridgehead atoms. The standard InChI is InChI=1S/C18H19N3O3S2/c1-2-24-14-6-8-15(9-7-14)26(22,23)20-12-10-18-21-17(13-25-18)16-5-3-4-11-19-16/h3-9,11,13,20H,2,10,12H2,1H3. The summed E-state index contributed by atoms with van der Waals surface area (Å²) in [7, 11) is -3.55. The van der Waals surface area contributed by atoms with E-state index in [4.69, 9.17) is 4.74 Å². The van der Waals surface area contributed by atoms with Gasteiger partial charge in [0.25, 0.3) is 0 Å². The first-order valence-electron chi connectivity index (χ1n) is 8.17. The van der Waals surface area contributed by atoms with Gasteiger partial charge in [0.1, 0.15) is 5.75 Å². The molecule has 26 heavy (non-hydrogen) atoms. The molecular formula is C18H19N3O3S2. The average Bonchev–Trinajstić information content (AvgIpc) is 3.12. The molecule has 8 heteroatoms.